The Morgan fingerprint density at radius 3 is 3.25 bits per heavy atom. The van der Waals surface area contributed by atoms with E-state index in [1.807, 2.05) is 0 Å². The molecule has 8 heavy (non-hydrogen) atoms. The molecule has 2 heteroatoms. The van der Waals surface area contributed by atoms with E-state index in [-0.39, 0.29) is 0 Å². The smallest absolute Gasteiger partial charge is 0.0714 e. The molecule has 2 bridgehead atoms. The third-order valence-electron chi connectivity index (χ3n) is 2.00. The summed E-state index contributed by atoms with van der Waals surface area (Å²) < 4.78 is 5.41. The van der Waals surface area contributed by atoms with Crippen LogP contribution in [-0.4, -0.2) is 25.3 Å². The Morgan fingerprint density at radius 2 is 2.50 bits per heavy atom. The van der Waals surface area contributed by atoms with E-state index in [0.717, 1.165) is 19.2 Å². The summed E-state index contributed by atoms with van der Waals surface area (Å²) in [5.41, 5.74) is 0. The van der Waals surface area contributed by atoms with Crippen molar-refractivity contribution in [2.75, 3.05) is 13.2 Å². The molecule has 2 rings (SSSR count). The van der Waals surface area contributed by atoms with E-state index < -0.39 is 0 Å². The van der Waals surface area contributed by atoms with Gasteiger partial charge in [-0.05, 0) is 12.8 Å². The summed E-state index contributed by atoms with van der Waals surface area (Å²) in [6.45, 7) is 2.06. The minimum Gasteiger partial charge on any atom is -0.377 e. The highest BCUT2D eigenvalue weighted by atomic mass is 16.5. The van der Waals surface area contributed by atoms with Crippen LogP contribution >= 0.6 is 0 Å². The molecule has 0 unspecified atom stereocenters. The normalized spacial score (nSPS) is 45.0. The van der Waals surface area contributed by atoms with Crippen LogP contribution in [0.4, 0.5) is 0 Å². The third kappa shape index (κ3) is 0.644. The highest BCUT2D eigenvalue weighted by Gasteiger charge is 2.28. The summed E-state index contributed by atoms with van der Waals surface area (Å²) in [6, 6.07) is 0.786. The van der Waals surface area contributed by atoms with E-state index in [1.54, 1.807) is 0 Å². The fraction of sp³-hybridized carbons (Fsp3) is 1.00. The largest absolute Gasteiger partial charge is 0.377 e. The van der Waals surface area contributed by atoms with Gasteiger partial charge in [0.1, 0.15) is 0 Å². The summed E-state index contributed by atoms with van der Waals surface area (Å²) in [4.78, 5) is 0. The van der Waals surface area contributed by atoms with Crippen molar-refractivity contribution < 1.29 is 4.74 Å². The molecule has 2 fully saturated rings. The molecule has 0 amide bonds. The van der Waals surface area contributed by atoms with Crippen LogP contribution in [0, 0.1) is 0 Å². The van der Waals surface area contributed by atoms with Crippen LogP contribution in [0.1, 0.15) is 12.8 Å². The van der Waals surface area contributed by atoms with Crippen molar-refractivity contribution in [3.8, 4) is 0 Å². The molecule has 46 valence electrons. The molecule has 2 nitrogen and oxygen atoms in total. The first-order valence-corrected chi connectivity index (χ1v) is 3.30. The number of hydrogen-bond donors (Lipinski definition) is 1. The van der Waals surface area contributed by atoms with Crippen LogP contribution in [0.25, 0.3) is 0 Å². The Bertz CT molecular complexity index is 80.5. The van der Waals surface area contributed by atoms with Crippen LogP contribution in [0.15, 0.2) is 0 Å². The van der Waals surface area contributed by atoms with Gasteiger partial charge in [-0.1, -0.05) is 0 Å². The average Bonchev–Trinajstić information content (AvgIpc) is 2.12. The number of rotatable bonds is 0. The summed E-state index contributed by atoms with van der Waals surface area (Å²) in [7, 11) is 0. The number of hydrogen-bond acceptors (Lipinski definition) is 2. The Morgan fingerprint density at radius 1 is 1.50 bits per heavy atom. The van der Waals surface area contributed by atoms with Gasteiger partial charge in [0.2, 0.25) is 0 Å². The molecule has 2 aliphatic heterocycles. The molecular formula is C6H11NO. The predicted octanol–water partition coefficient (Wildman–Crippen LogP) is 0.137. The second-order valence-electron chi connectivity index (χ2n) is 2.62. The van der Waals surface area contributed by atoms with E-state index in [0.29, 0.717) is 6.10 Å². The van der Waals surface area contributed by atoms with E-state index >= 15 is 0 Å². The molecule has 0 saturated carbocycles. The van der Waals surface area contributed by atoms with Crippen LogP contribution in [0.3, 0.4) is 0 Å². The van der Waals surface area contributed by atoms with Gasteiger partial charge in [-0.25, -0.2) is 0 Å². The van der Waals surface area contributed by atoms with Gasteiger partial charge < -0.3 is 10.1 Å². The maximum Gasteiger partial charge on any atom is 0.0714 e. The second kappa shape index (κ2) is 1.71. The van der Waals surface area contributed by atoms with Gasteiger partial charge in [0.05, 0.1) is 6.10 Å². The lowest BCUT2D eigenvalue weighted by molar-refractivity contribution is 0.0421. The Hall–Kier alpha value is -0.0800. The van der Waals surface area contributed by atoms with E-state index in [1.165, 1.54) is 12.8 Å². The van der Waals surface area contributed by atoms with Crippen LogP contribution in [0.5, 0.6) is 0 Å². The zero-order valence-corrected chi connectivity index (χ0v) is 4.89. The fourth-order valence-electron chi connectivity index (χ4n) is 1.51. The lowest BCUT2D eigenvalue weighted by Crippen LogP contribution is -2.23. The molecule has 0 aliphatic carbocycles. The molecule has 1 N–H and O–H groups in total. The van der Waals surface area contributed by atoms with Crippen molar-refractivity contribution in [1.29, 1.82) is 0 Å². The first kappa shape index (κ1) is 4.77. The van der Waals surface area contributed by atoms with E-state index in [9.17, 15) is 0 Å². The summed E-state index contributed by atoms with van der Waals surface area (Å²) in [5, 5.41) is 3.39. The molecule has 0 radical (unpaired) electrons. The summed E-state index contributed by atoms with van der Waals surface area (Å²) in [5.74, 6) is 0. The van der Waals surface area contributed by atoms with Crippen LogP contribution in [0.2, 0.25) is 0 Å². The Labute approximate surface area is 49.2 Å². The number of ether oxygens (including phenoxy) is 1. The van der Waals surface area contributed by atoms with Gasteiger partial charge in [0.25, 0.3) is 0 Å². The topological polar surface area (TPSA) is 21.3 Å². The van der Waals surface area contributed by atoms with Gasteiger partial charge >= 0.3 is 0 Å². The highest BCUT2D eigenvalue weighted by molar-refractivity contribution is 4.85. The predicted molar refractivity (Wildman–Crippen MR) is 30.8 cm³/mol. The molecule has 0 aromatic rings. The first-order valence-electron chi connectivity index (χ1n) is 3.30. The van der Waals surface area contributed by atoms with Gasteiger partial charge in [0.15, 0.2) is 0 Å². The summed E-state index contributed by atoms with van der Waals surface area (Å²) >= 11 is 0. The van der Waals surface area contributed by atoms with Gasteiger partial charge in [-0.15, -0.1) is 0 Å². The molecule has 2 atom stereocenters. The van der Waals surface area contributed by atoms with E-state index in [2.05, 4.69) is 5.32 Å². The van der Waals surface area contributed by atoms with Crippen LogP contribution in [-0.2, 0) is 4.74 Å². The van der Waals surface area contributed by atoms with E-state index in [4.69, 9.17) is 4.74 Å². The molecule has 0 aromatic carbocycles. The second-order valence-corrected chi connectivity index (χ2v) is 2.62. The minimum absolute atomic E-state index is 0.550. The molecule has 2 aliphatic rings. The minimum atomic E-state index is 0.550. The zero-order chi connectivity index (χ0) is 5.40. The molecular weight excluding hydrogens is 102 g/mol. The van der Waals surface area contributed by atoms with Gasteiger partial charge in [0, 0.05) is 19.2 Å². The first-order chi connectivity index (χ1) is 3.95. The van der Waals surface area contributed by atoms with Gasteiger partial charge in [-0.3, -0.25) is 0 Å². The van der Waals surface area contributed by atoms with Crippen molar-refractivity contribution in [2.24, 2.45) is 0 Å². The third-order valence-corrected chi connectivity index (χ3v) is 2.00. The SMILES string of the molecule is C1C[C@H]2C[C@H](CN2)O1. The molecule has 2 heterocycles. The number of nitrogens with one attached hydrogen (secondary N) is 1. The average molecular weight is 113 g/mol. The molecule has 0 aromatic heterocycles. The Balaban J connectivity index is 2.03. The molecule has 0 spiro atoms. The molecule has 2 saturated heterocycles. The summed E-state index contributed by atoms with van der Waals surface area (Å²) in [6.07, 6.45) is 3.02. The van der Waals surface area contributed by atoms with Crippen molar-refractivity contribution in [3.05, 3.63) is 0 Å². The lowest BCUT2D eigenvalue weighted by atomic mass is 10.1. The fourth-order valence-corrected chi connectivity index (χ4v) is 1.51. The zero-order valence-electron chi connectivity index (χ0n) is 4.89. The monoisotopic (exact) mass is 113 g/mol. The van der Waals surface area contributed by atoms with Crippen molar-refractivity contribution in [2.45, 2.75) is 25.0 Å². The van der Waals surface area contributed by atoms with Gasteiger partial charge in [-0.2, -0.15) is 0 Å². The maximum atomic E-state index is 5.41. The van der Waals surface area contributed by atoms with Crippen molar-refractivity contribution >= 4 is 0 Å². The Kier molecular flexibility index (Phi) is 1.02. The lowest BCUT2D eigenvalue weighted by Gasteiger charge is -2.17. The standard InChI is InChI=1S/C6H11NO/c1-2-8-6-3-5(1)7-4-6/h5-7H,1-4H2/t5-,6+/m0/s1. The van der Waals surface area contributed by atoms with Crippen molar-refractivity contribution in [3.63, 3.8) is 0 Å². The highest BCUT2D eigenvalue weighted by Crippen LogP contribution is 2.18. The van der Waals surface area contributed by atoms with Crippen LogP contribution < -0.4 is 5.32 Å². The van der Waals surface area contributed by atoms with Crippen molar-refractivity contribution in [1.82, 2.24) is 5.32 Å². The quantitative estimate of drug-likeness (QED) is 0.482. The maximum absolute atomic E-state index is 5.41. The number of fused-ring (bicyclic) bond motifs is 2.